The second kappa shape index (κ2) is 54.4. The summed E-state index contributed by atoms with van der Waals surface area (Å²) < 4.78 is 8.41. The van der Waals surface area contributed by atoms with Crippen molar-refractivity contribution in [3.63, 3.8) is 0 Å². The molecule has 0 aliphatic carbocycles. The van der Waals surface area contributed by atoms with Crippen molar-refractivity contribution in [2.24, 2.45) is 22.9 Å². The number of amides is 18. The average molecular weight is 2030 g/mol. The molecule has 7 aromatic rings. The van der Waals surface area contributed by atoms with Crippen LogP contribution >= 0.6 is 21.6 Å². The number of nitrogens with zero attached hydrogens (tertiary/aromatic N) is 2. The molecular formula is C100H133N21O21S2. The Hall–Kier alpha value is -14.1. The van der Waals surface area contributed by atoms with Crippen LogP contribution in [-0.2, 0) is 117 Å². The molecule has 144 heavy (non-hydrogen) atoms. The molecule has 0 saturated carbocycles. The first kappa shape index (κ1) is 113. The van der Waals surface area contributed by atoms with Gasteiger partial charge in [0.25, 0.3) is 0 Å². The molecule has 42 nitrogen and oxygen atoms in total. The van der Waals surface area contributed by atoms with Crippen molar-refractivity contribution in [3.8, 4) is 16.9 Å². The number of H-pyrrole nitrogens is 1. The SMILES string of the molecule is CC(=O)NCCCCCC[C@@H]1NC(=O)[C@H](Cc2c[nH]c3c(-c4ccccc4)cccc23)NC(=O)[C@H]([C@@H](C)O)NC(=O)[C@H](CC(N)=O)NC(=O)[C@@H](NC(C)=O)C(C)(C)SSC(C)(C)[C@@H](C(=O)N[C@@H](Cc2ccc(OCCN)cc2)C(=O)N[C@@H](Cc2ccc3ccccc3c2)C(=O)NC2(C(=O)N[C@@H](CCCCNC(C)=O)C(=O)N[C@@H](CC(N)=O)C(=O)N[C@@H](Cc3cccnc3)C(=O)N(C)CC(N)=O)CCOCC2)NC1=O. The fourth-order valence-corrected chi connectivity index (χ4v) is 19.5. The molecule has 5 aromatic carbocycles. The third kappa shape index (κ3) is 34.3. The summed E-state index contributed by atoms with van der Waals surface area (Å²) in [4.78, 5) is 269. The molecule has 2 saturated heterocycles. The highest BCUT2D eigenvalue weighted by atomic mass is 33.1. The fourth-order valence-electron chi connectivity index (χ4n) is 16.7. The van der Waals surface area contributed by atoms with Crippen LogP contribution in [0.15, 0.2) is 146 Å². The average Bonchev–Trinajstić information content (AvgIpc) is 1.73. The first-order valence-corrected chi connectivity index (χ1v) is 49.9. The highest BCUT2D eigenvalue weighted by molar-refractivity contribution is 8.77. The van der Waals surface area contributed by atoms with Crippen LogP contribution in [0.4, 0.5) is 0 Å². The smallest absolute Gasteiger partial charge is 0.246 e. The molecule has 0 radical (unpaired) electrons. The second-order valence-electron chi connectivity index (χ2n) is 37.0. The van der Waals surface area contributed by atoms with Crippen LogP contribution in [0.3, 0.4) is 0 Å². The van der Waals surface area contributed by atoms with Gasteiger partial charge < -0.3 is 122 Å². The number of fused-ring (bicyclic) bond motifs is 2. The molecule has 2 fully saturated rings. The Balaban J connectivity index is 1.14. The molecule has 0 unspecified atom stereocenters. The summed E-state index contributed by atoms with van der Waals surface area (Å²) >= 11 is 0. The zero-order chi connectivity index (χ0) is 105. The topological polar surface area (TPSA) is 650 Å². The van der Waals surface area contributed by atoms with Gasteiger partial charge in [0.15, 0.2) is 0 Å². The molecule has 0 bridgehead atoms. The van der Waals surface area contributed by atoms with E-state index in [1.807, 2.05) is 54.6 Å². The Kier molecular flexibility index (Phi) is 42.9. The molecule has 2 aliphatic rings. The number of rotatable bonds is 45. The van der Waals surface area contributed by atoms with Gasteiger partial charge in [-0.25, -0.2) is 0 Å². The van der Waals surface area contributed by atoms with E-state index in [1.165, 1.54) is 47.1 Å². The number of aliphatic hydroxyl groups excluding tert-OH is 1. The van der Waals surface area contributed by atoms with E-state index in [2.05, 4.69) is 84.4 Å². The fraction of sp³-hybridized carbons (Fsp3) is 0.470. The largest absolute Gasteiger partial charge is 0.492 e. The first-order chi connectivity index (χ1) is 68.4. The van der Waals surface area contributed by atoms with Crippen molar-refractivity contribution >= 4 is 150 Å². The Morgan fingerprint density at radius 2 is 1.15 bits per heavy atom. The molecule has 0 spiro atoms. The number of ether oxygens (including phenoxy) is 2. The quantitative estimate of drug-likeness (QED) is 0.0182. The number of primary amides is 3. The number of carbonyl (C=O) groups is 18. The van der Waals surface area contributed by atoms with Crippen molar-refractivity contribution in [2.45, 2.75) is 246 Å². The van der Waals surface area contributed by atoms with Gasteiger partial charge in [-0.1, -0.05) is 150 Å². The Morgan fingerprint density at radius 1 is 0.562 bits per heavy atom. The van der Waals surface area contributed by atoms with Gasteiger partial charge in [-0.05, 0) is 124 Å². The minimum atomic E-state index is -2.02. The summed E-state index contributed by atoms with van der Waals surface area (Å²) in [5.74, 6) is -16.6. The standard InChI is InChI=1S/C100H133N21O21S2/c1-57(122)82-93(136)113-75(51-67-55-108-83-69(28-21-29-70(67)83)65-25-13-12-14-26-65)89(132)110-71(30-15-10-11-19-42-106-58(2)123)87(130)119-85(99(7,8)144-143-98(5,6)84(109-60(4)125)94(137)115-77(53-80(103)127)91(134)118-82)95(138)114-73(48-61-33-36-68(37-34-61)142-46-40-101)88(131)111-74(49-62-32-35-64-24-16-17-27-66(64)47-62)92(135)120-100(38-44-141-45-39-100)97(140)117-72(31-18-20-43-107-59(3)124)86(129)112-76(52-79(102)126)90(133)116-78(50-63-23-22-41-105-54-63)96(139)121(9)56-81(104)128/h12-14,16-17,21-29,32-37,41,47,54-55,57,71-78,82,84-85,108,122H,10-11,15,18-20,30-31,38-40,42-46,48-53,56,101H2,1-9H3,(H2,102,126)(H2,103,127)(H2,104,128)(H,106,123)(H,107,124)(H,109,125)(H,110,132)(H,111,131)(H,112,129)(H,113,136)(H,114,138)(H,115,137)(H,116,133)(H,117,140)(H,118,134)(H,119,130)(H,120,135)/t57-,71+,72+,73+,74+,75+,76+,77+,78+,82+,84-,85-/m1/s1. The van der Waals surface area contributed by atoms with Crippen molar-refractivity contribution < 1.29 is 101 Å². The van der Waals surface area contributed by atoms with Gasteiger partial charge >= 0.3 is 0 Å². The monoisotopic (exact) mass is 2030 g/mol. The van der Waals surface area contributed by atoms with Gasteiger partial charge in [0.05, 0.1) is 31.0 Å². The zero-order valence-electron chi connectivity index (χ0n) is 82.2. The third-order valence-corrected chi connectivity index (χ3v) is 28.6. The molecule has 2 aliphatic heterocycles. The summed E-state index contributed by atoms with van der Waals surface area (Å²) in [7, 11) is 3.09. The summed E-state index contributed by atoms with van der Waals surface area (Å²) in [5.41, 5.74) is 24.7. The number of para-hydroxylation sites is 1. The number of likely N-dealkylation sites (N-methyl/N-ethyl adjacent to an activating group) is 1. The maximum atomic E-state index is 16.6. The molecule has 18 amide bonds. The predicted octanol–water partition coefficient (Wildman–Crippen LogP) is 0.430. The van der Waals surface area contributed by atoms with Gasteiger partial charge in [0, 0.05) is 138 Å². The van der Waals surface area contributed by atoms with E-state index in [-0.39, 0.29) is 109 Å². The molecule has 44 heteroatoms. The van der Waals surface area contributed by atoms with Gasteiger partial charge in [0.2, 0.25) is 106 Å². The van der Waals surface area contributed by atoms with E-state index >= 15 is 43.2 Å². The Labute approximate surface area is 842 Å². The number of nitrogens with one attached hydrogen (secondary N) is 15. The number of pyridine rings is 1. The Bertz CT molecular complexity index is 5710. The normalized spacial score (nSPS) is 19.0. The Morgan fingerprint density at radius 3 is 1.80 bits per heavy atom. The molecule has 12 atom stereocenters. The van der Waals surface area contributed by atoms with Gasteiger partial charge in [-0.2, -0.15) is 0 Å². The van der Waals surface area contributed by atoms with Crippen LogP contribution in [0, 0.1) is 0 Å². The van der Waals surface area contributed by atoms with Crippen LogP contribution < -0.4 is 102 Å². The summed E-state index contributed by atoms with van der Waals surface area (Å²) in [6, 6.07) is 17.9. The molecule has 4 heterocycles. The van der Waals surface area contributed by atoms with Gasteiger partial charge in [-0.3, -0.25) is 91.3 Å². The van der Waals surface area contributed by atoms with E-state index in [0.29, 0.717) is 70.1 Å². The van der Waals surface area contributed by atoms with Crippen molar-refractivity contribution in [2.75, 3.05) is 53.0 Å². The lowest BCUT2D eigenvalue weighted by molar-refractivity contribution is -0.141. The lowest BCUT2D eigenvalue weighted by atomic mass is 9.87. The maximum Gasteiger partial charge on any atom is 0.246 e. The van der Waals surface area contributed by atoms with E-state index in [4.69, 9.17) is 32.4 Å². The number of hydrogen-bond donors (Lipinski definition) is 20. The first-order valence-electron chi connectivity index (χ1n) is 47.7. The highest BCUT2D eigenvalue weighted by Crippen LogP contribution is 2.47. The summed E-state index contributed by atoms with van der Waals surface area (Å²) in [6.07, 6.45) is 0.771. The number of aromatic nitrogens is 2. The van der Waals surface area contributed by atoms with Crippen molar-refractivity contribution in [3.05, 3.63) is 168 Å². The molecule has 2 aromatic heterocycles. The van der Waals surface area contributed by atoms with E-state index in [0.717, 1.165) is 56.8 Å². The molecule has 24 N–H and O–H groups in total. The predicted molar refractivity (Wildman–Crippen MR) is 539 cm³/mol. The minimum Gasteiger partial charge on any atom is -0.492 e. The number of aliphatic hydroxyl groups is 1. The highest BCUT2D eigenvalue weighted by Gasteiger charge is 2.49. The van der Waals surface area contributed by atoms with Crippen LogP contribution in [0.5, 0.6) is 5.75 Å². The number of benzene rings is 5. The van der Waals surface area contributed by atoms with E-state index in [9.17, 15) is 48.3 Å². The van der Waals surface area contributed by atoms with Gasteiger partial charge in [0.1, 0.15) is 84.4 Å². The third-order valence-electron chi connectivity index (χ3n) is 24.4. The van der Waals surface area contributed by atoms with Crippen LogP contribution in [0.1, 0.15) is 155 Å². The van der Waals surface area contributed by atoms with Crippen molar-refractivity contribution in [1.82, 2.24) is 89.3 Å². The van der Waals surface area contributed by atoms with E-state index < -0.39 is 208 Å². The molecule has 776 valence electrons. The summed E-state index contributed by atoms with van der Waals surface area (Å²) in [5, 5.41) is 51.6. The molecule has 9 rings (SSSR count). The minimum absolute atomic E-state index is 0.107. The molecular weight excluding hydrogens is 1900 g/mol. The number of hydrogen-bond acceptors (Lipinski definition) is 25. The zero-order valence-corrected chi connectivity index (χ0v) is 83.8. The number of unbranched alkanes of at least 4 members (excludes halogenated alkanes) is 4. The lowest BCUT2D eigenvalue weighted by Crippen LogP contribution is -2.67. The van der Waals surface area contributed by atoms with Gasteiger partial charge in [-0.15, -0.1) is 0 Å². The van der Waals surface area contributed by atoms with Crippen LogP contribution in [0.2, 0.25) is 0 Å². The number of aromatic amines is 1. The van der Waals surface area contributed by atoms with Crippen LogP contribution in [-0.4, -0.2) is 267 Å². The summed E-state index contributed by atoms with van der Waals surface area (Å²) in [6.45, 7) is 10.9. The van der Waals surface area contributed by atoms with Crippen molar-refractivity contribution in [1.29, 1.82) is 0 Å². The second-order valence-corrected chi connectivity index (χ2v) is 40.5. The van der Waals surface area contributed by atoms with Crippen LogP contribution in [0.25, 0.3) is 32.8 Å². The van der Waals surface area contributed by atoms with E-state index in [1.54, 1.807) is 92.8 Å². The lowest BCUT2D eigenvalue weighted by Gasteiger charge is -2.39. The number of carbonyl (C=O) groups excluding carboxylic acids is 18. The maximum absolute atomic E-state index is 16.6. The number of nitrogens with two attached hydrogens (primary N) is 4.